The van der Waals surface area contributed by atoms with E-state index in [1.807, 2.05) is 6.92 Å². The molecule has 3 nitrogen and oxygen atoms in total. The van der Waals surface area contributed by atoms with Crippen molar-refractivity contribution in [2.75, 3.05) is 0 Å². The summed E-state index contributed by atoms with van der Waals surface area (Å²) in [6.07, 6.45) is 1.72. The summed E-state index contributed by atoms with van der Waals surface area (Å²) in [5, 5.41) is 2.61. The smallest absolute Gasteiger partial charge is 0.255 e. The van der Waals surface area contributed by atoms with Crippen LogP contribution < -0.4 is 5.32 Å². The summed E-state index contributed by atoms with van der Waals surface area (Å²) >= 11 is 0. The molecule has 0 aromatic heterocycles. The Labute approximate surface area is 149 Å². The first-order valence-electron chi connectivity index (χ1n) is 8.66. The normalized spacial score (nSPS) is 29.1. The van der Waals surface area contributed by atoms with Gasteiger partial charge in [-0.15, -0.1) is 0 Å². The number of carbonyl (C=O) groups excluding carboxylic acids is 2. The molecule has 3 aliphatic rings. The second-order valence-electron chi connectivity index (χ2n) is 8.10. The fourth-order valence-electron chi connectivity index (χ4n) is 4.76. The SMILES string of the molecule is CC(=O)c1c(F)c(F)c(F)c(F)c1C(=O)N[C@@H]1C[C@@H]2C[C@H]([C@H]1C)C2(C)C. The third-order valence-corrected chi connectivity index (χ3v) is 6.52. The van der Waals surface area contributed by atoms with E-state index < -0.39 is 46.1 Å². The molecule has 0 heterocycles. The Morgan fingerprint density at radius 1 is 0.962 bits per heavy atom. The van der Waals surface area contributed by atoms with Crippen LogP contribution in [-0.4, -0.2) is 17.7 Å². The molecule has 3 aliphatic carbocycles. The van der Waals surface area contributed by atoms with Crippen LogP contribution in [0.25, 0.3) is 0 Å². The largest absolute Gasteiger partial charge is 0.349 e. The topological polar surface area (TPSA) is 46.2 Å². The van der Waals surface area contributed by atoms with Gasteiger partial charge in [0, 0.05) is 6.04 Å². The number of rotatable bonds is 3. The van der Waals surface area contributed by atoms with Gasteiger partial charge in [0.2, 0.25) is 0 Å². The molecular weight excluding hydrogens is 350 g/mol. The van der Waals surface area contributed by atoms with Crippen molar-refractivity contribution in [2.24, 2.45) is 23.2 Å². The molecule has 26 heavy (non-hydrogen) atoms. The third-order valence-electron chi connectivity index (χ3n) is 6.52. The maximum Gasteiger partial charge on any atom is 0.255 e. The van der Waals surface area contributed by atoms with E-state index >= 15 is 0 Å². The Bertz CT molecular complexity index is 805. The number of ketones is 1. The second kappa shape index (κ2) is 6.06. The lowest BCUT2D eigenvalue weighted by atomic mass is 9.45. The molecule has 0 unspecified atom stereocenters. The summed E-state index contributed by atoms with van der Waals surface area (Å²) in [5.74, 6) is -9.16. The lowest BCUT2D eigenvalue weighted by Gasteiger charge is -2.62. The van der Waals surface area contributed by atoms with E-state index in [-0.39, 0.29) is 17.4 Å². The standard InChI is InChI=1S/C19H21F4NO2/c1-7-10-5-9(19(10,3)4)6-11(7)24-18(26)13-12(8(2)25)14(20)16(22)17(23)15(13)21/h7,9-11H,5-6H2,1-4H3,(H,24,26)/t7-,9+,10-,11-/m1/s1. The Kier molecular flexibility index (Phi) is 4.40. The van der Waals surface area contributed by atoms with Gasteiger partial charge in [0.25, 0.3) is 5.91 Å². The lowest BCUT2D eigenvalue weighted by Crippen LogP contribution is -2.60. The number of halogens is 4. The molecule has 4 rings (SSSR count). The molecule has 0 aliphatic heterocycles. The van der Waals surface area contributed by atoms with Gasteiger partial charge in [-0.2, -0.15) is 0 Å². The average Bonchev–Trinajstić information content (AvgIpc) is 2.56. The highest BCUT2D eigenvalue weighted by atomic mass is 19.2. The zero-order valence-electron chi connectivity index (χ0n) is 15.1. The zero-order chi connectivity index (χ0) is 19.5. The predicted octanol–water partition coefficient (Wildman–Crippen LogP) is 4.25. The molecule has 3 fully saturated rings. The van der Waals surface area contributed by atoms with Crippen molar-refractivity contribution in [1.82, 2.24) is 5.32 Å². The lowest BCUT2D eigenvalue weighted by molar-refractivity contribution is -0.113. The summed E-state index contributed by atoms with van der Waals surface area (Å²) < 4.78 is 55.2. The van der Waals surface area contributed by atoms with Gasteiger partial charge in [0.05, 0.1) is 11.1 Å². The van der Waals surface area contributed by atoms with E-state index in [1.54, 1.807) is 0 Å². The highest BCUT2D eigenvalue weighted by Crippen LogP contribution is 2.61. The molecule has 0 radical (unpaired) electrons. The van der Waals surface area contributed by atoms with Crippen LogP contribution in [0, 0.1) is 46.4 Å². The molecular formula is C19H21F4NO2. The summed E-state index contributed by atoms with van der Waals surface area (Å²) in [6, 6.07) is -0.297. The Hall–Kier alpha value is -1.92. The van der Waals surface area contributed by atoms with Gasteiger partial charge in [0.15, 0.2) is 29.1 Å². The average molecular weight is 371 g/mol. The van der Waals surface area contributed by atoms with Gasteiger partial charge in [-0.3, -0.25) is 9.59 Å². The minimum absolute atomic E-state index is 0.0953. The van der Waals surface area contributed by atoms with Crippen LogP contribution in [0.15, 0.2) is 0 Å². The molecule has 1 N–H and O–H groups in total. The van der Waals surface area contributed by atoms with E-state index in [2.05, 4.69) is 19.2 Å². The molecule has 0 saturated heterocycles. The van der Waals surface area contributed by atoms with Gasteiger partial charge in [-0.1, -0.05) is 20.8 Å². The van der Waals surface area contributed by atoms with Crippen molar-refractivity contribution >= 4 is 11.7 Å². The molecule has 7 heteroatoms. The van der Waals surface area contributed by atoms with Crippen molar-refractivity contribution in [3.05, 3.63) is 34.4 Å². The monoisotopic (exact) mass is 371 g/mol. The van der Waals surface area contributed by atoms with Crippen LogP contribution in [0.2, 0.25) is 0 Å². The number of fused-ring (bicyclic) bond motifs is 2. The Morgan fingerprint density at radius 3 is 1.96 bits per heavy atom. The first-order chi connectivity index (χ1) is 12.0. The number of carbonyl (C=O) groups is 2. The van der Waals surface area contributed by atoms with E-state index in [9.17, 15) is 27.2 Å². The second-order valence-corrected chi connectivity index (χ2v) is 8.10. The van der Waals surface area contributed by atoms with Crippen LogP contribution in [0.1, 0.15) is 61.3 Å². The molecule has 0 spiro atoms. The first kappa shape index (κ1) is 18.9. The highest BCUT2D eigenvalue weighted by Gasteiger charge is 2.56. The van der Waals surface area contributed by atoms with Crippen molar-refractivity contribution in [2.45, 2.75) is 46.6 Å². The number of benzene rings is 1. The molecule has 3 saturated carbocycles. The van der Waals surface area contributed by atoms with Crippen LogP contribution in [0.3, 0.4) is 0 Å². The minimum Gasteiger partial charge on any atom is -0.349 e. The van der Waals surface area contributed by atoms with Crippen molar-refractivity contribution < 1.29 is 27.2 Å². The molecule has 2 bridgehead atoms. The molecule has 142 valence electrons. The Morgan fingerprint density at radius 2 is 1.50 bits per heavy atom. The van der Waals surface area contributed by atoms with Gasteiger partial charge in [-0.05, 0) is 42.9 Å². The maximum atomic E-state index is 14.2. The van der Waals surface area contributed by atoms with Gasteiger partial charge < -0.3 is 5.32 Å². The van der Waals surface area contributed by atoms with E-state index in [4.69, 9.17) is 0 Å². The summed E-state index contributed by atoms with van der Waals surface area (Å²) in [6.45, 7) is 7.17. The van der Waals surface area contributed by atoms with Crippen molar-refractivity contribution in [3.8, 4) is 0 Å². The molecule has 1 aromatic rings. The maximum absolute atomic E-state index is 14.2. The Balaban J connectivity index is 1.93. The number of nitrogens with one attached hydrogen (secondary N) is 1. The first-order valence-corrected chi connectivity index (χ1v) is 8.66. The molecule has 4 atom stereocenters. The van der Waals surface area contributed by atoms with E-state index in [0.717, 1.165) is 13.3 Å². The minimum atomic E-state index is -2.10. The quantitative estimate of drug-likeness (QED) is 0.374. The van der Waals surface area contributed by atoms with Crippen LogP contribution >= 0.6 is 0 Å². The highest BCUT2D eigenvalue weighted by molar-refractivity contribution is 6.07. The fraction of sp³-hybridized carbons (Fsp3) is 0.579. The molecule has 1 amide bonds. The van der Waals surface area contributed by atoms with Crippen LogP contribution in [0.4, 0.5) is 17.6 Å². The van der Waals surface area contributed by atoms with Crippen LogP contribution in [0.5, 0.6) is 0 Å². The van der Waals surface area contributed by atoms with E-state index in [0.29, 0.717) is 18.3 Å². The van der Waals surface area contributed by atoms with Gasteiger partial charge in [0.1, 0.15) is 0 Å². The molecule has 1 aromatic carbocycles. The number of hydrogen-bond donors (Lipinski definition) is 1. The predicted molar refractivity (Wildman–Crippen MR) is 86.7 cm³/mol. The summed E-state index contributed by atoms with van der Waals surface area (Å²) in [4.78, 5) is 24.2. The number of hydrogen-bond acceptors (Lipinski definition) is 2. The van der Waals surface area contributed by atoms with Crippen LogP contribution in [-0.2, 0) is 0 Å². The summed E-state index contributed by atoms with van der Waals surface area (Å²) in [7, 11) is 0. The zero-order valence-corrected chi connectivity index (χ0v) is 15.1. The van der Waals surface area contributed by atoms with Crippen molar-refractivity contribution in [1.29, 1.82) is 0 Å². The fourth-order valence-corrected chi connectivity index (χ4v) is 4.76. The van der Waals surface area contributed by atoms with E-state index in [1.165, 1.54) is 0 Å². The number of amides is 1. The van der Waals surface area contributed by atoms with Gasteiger partial charge >= 0.3 is 0 Å². The van der Waals surface area contributed by atoms with Crippen molar-refractivity contribution in [3.63, 3.8) is 0 Å². The number of Topliss-reactive ketones (excluding diaryl/α,β-unsaturated/α-hetero) is 1. The van der Waals surface area contributed by atoms with Gasteiger partial charge in [-0.25, -0.2) is 17.6 Å². The summed E-state index contributed by atoms with van der Waals surface area (Å²) in [5.41, 5.74) is -1.97. The third kappa shape index (κ3) is 2.55.